The van der Waals surface area contributed by atoms with Crippen LogP contribution in [0.1, 0.15) is 26.2 Å². The average Bonchev–Trinajstić information content (AvgIpc) is 2.41. The van der Waals surface area contributed by atoms with E-state index < -0.39 is 10.0 Å². The van der Waals surface area contributed by atoms with Gasteiger partial charge in [-0.05, 0) is 38.4 Å². The zero-order valence-electron chi connectivity index (χ0n) is 11.8. The van der Waals surface area contributed by atoms with Gasteiger partial charge in [-0.3, -0.25) is 4.72 Å². The summed E-state index contributed by atoms with van der Waals surface area (Å²) < 4.78 is 32.5. The minimum absolute atomic E-state index is 0.0421. The molecule has 0 radical (unpaired) electrons. The highest BCUT2D eigenvalue weighted by Crippen LogP contribution is 2.25. The summed E-state index contributed by atoms with van der Waals surface area (Å²) in [6.45, 7) is 3.27. The van der Waals surface area contributed by atoms with Gasteiger partial charge in [0.2, 0.25) is 10.0 Å². The Hall–Kier alpha value is -1.27. The van der Waals surface area contributed by atoms with Gasteiger partial charge in [-0.1, -0.05) is 18.6 Å². The molecule has 0 amide bonds. The summed E-state index contributed by atoms with van der Waals surface area (Å²) in [5.74, 6) is 0.670. The summed E-state index contributed by atoms with van der Waals surface area (Å²) in [5.41, 5.74) is 0.505. The molecule has 1 saturated heterocycles. The Balaban J connectivity index is 2.03. The maximum Gasteiger partial charge on any atom is 0.234 e. The number of para-hydroxylation sites is 2. The van der Waals surface area contributed by atoms with Crippen LogP contribution in [0.15, 0.2) is 24.3 Å². The van der Waals surface area contributed by atoms with E-state index in [1.54, 1.807) is 18.2 Å². The van der Waals surface area contributed by atoms with Crippen LogP contribution in [0.25, 0.3) is 0 Å². The lowest BCUT2D eigenvalue weighted by Gasteiger charge is -2.23. The number of ether oxygens (including phenoxy) is 1. The molecular formula is C14H22N2O3S. The Labute approximate surface area is 120 Å². The van der Waals surface area contributed by atoms with Crippen molar-refractivity contribution < 1.29 is 13.2 Å². The summed E-state index contributed by atoms with van der Waals surface area (Å²) in [7, 11) is -3.37. The van der Waals surface area contributed by atoms with E-state index in [1.165, 1.54) is 0 Å². The molecule has 20 heavy (non-hydrogen) atoms. The summed E-state index contributed by atoms with van der Waals surface area (Å²) >= 11 is 0. The first kappa shape index (κ1) is 15.1. The van der Waals surface area contributed by atoms with Crippen LogP contribution < -0.4 is 14.8 Å². The first-order valence-electron chi connectivity index (χ1n) is 7.06. The molecule has 1 unspecified atom stereocenters. The molecule has 1 aromatic carbocycles. The van der Waals surface area contributed by atoms with Crippen molar-refractivity contribution in [2.24, 2.45) is 0 Å². The second kappa shape index (κ2) is 6.95. The Morgan fingerprint density at radius 1 is 1.35 bits per heavy atom. The van der Waals surface area contributed by atoms with Crippen molar-refractivity contribution >= 4 is 15.7 Å². The van der Waals surface area contributed by atoms with Gasteiger partial charge in [0.1, 0.15) is 5.75 Å². The summed E-state index contributed by atoms with van der Waals surface area (Å²) in [6.07, 6.45) is 3.12. The molecule has 0 aliphatic carbocycles. The van der Waals surface area contributed by atoms with Crippen LogP contribution >= 0.6 is 0 Å². The Morgan fingerprint density at radius 3 is 2.85 bits per heavy atom. The van der Waals surface area contributed by atoms with Crippen molar-refractivity contribution in [2.75, 3.05) is 23.6 Å². The fourth-order valence-electron chi connectivity index (χ4n) is 2.37. The number of hydrogen-bond donors (Lipinski definition) is 2. The fraction of sp³-hybridized carbons (Fsp3) is 0.571. The number of hydrogen-bond acceptors (Lipinski definition) is 4. The van der Waals surface area contributed by atoms with Crippen LogP contribution in [-0.2, 0) is 10.0 Å². The summed E-state index contributed by atoms with van der Waals surface area (Å²) in [6, 6.07) is 7.14. The standard InChI is InChI=1S/C14H22N2O3S/c1-2-19-14-9-4-3-8-13(14)16-20(17,18)11-12-7-5-6-10-15-12/h3-4,8-9,12,15-16H,2,5-7,10-11H2,1H3. The molecule has 0 aromatic heterocycles. The van der Waals surface area contributed by atoms with Crippen LogP contribution in [0.3, 0.4) is 0 Å². The Bertz CT molecular complexity index is 525. The maximum absolute atomic E-state index is 12.2. The normalized spacial score (nSPS) is 19.6. The van der Waals surface area contributed by atoms with Crippen molar-refractivity contribution in [1.29, 1.82) is 0 Å². The number of sulfonamides is 1. The molecule has 0 saturated carbocycles. The smallest absolute Gasteiger partial charge is 0.234 e. The lowest BCUT2D eigenvalue weighted by atomic mass is 10.1. The average molecular weight is 298 g/mol. The van der Waals surface area contributed by atoms with E-state index in [2.05, 4.69) is 10.0 Å². The van der Waals surface area contributed by atoms with Gasteiger partial charge in [-0.15, -0.1) is 0 Å². The first-order valence-corrected chi connectivity index (χ1v) is 8.71. The molecule has 0 bridgehead atoms. The van der Waals surface area contributed by atoms with Crippen molar-refractivity contribution in [3.63, 3.8) is 0 Å². The van der Waals surface area contributed by atoms with Crippen LogP contribution in [-0.4, -0.2) is 33.4 Å². The van der Waals surface area contributed by atoms with Gasteiger partial charge < -0.3 is 10.1 Å². The Kier molecular flexibility index (Phi) is 5.25. The first-order chi connectivity index (χ1) is 9.61. The molecule has 2 rings (SSSR count). The minimum atomic E-state index is -3.37. The highest BCUT2D eigenvalue weighted by Gasteiger charge is 2.21. The number of benzene rings is 1. The van der Waals surface area contributed by atoms with E-state index in [0.29, 0.717) is 18.0 Å². The van der Waals surface area contributed by atoms with Gasteiger partial charge in [0.15, 0.2) is 0 Å². The lowest BCUT2D eigenvalue weighted by Crippen LogP contribution is -2.40. The number of anilines is 1. The molecule has 1 atom stereocenters. The third-order valence-corrected chi connectivity index (χ3v) is 4.66. The monoisotopic (exact) mass is 298 g/mol. The van der Waals surface area contributed by atoms with E-state index in [4.69, 9.17) is 4.74 Å². The lowest BCUT2D eigenvalue weighted by molar-refractivity contribution is 0.342. The van der Waals surface area contributed by atoms with E-state index >= 15 is 0 Å². The highest BCUT2D eigenvalue weighted by atomic mass is 32.2. The number of piperidine rings is 1. The maximum atomic E-state index is 12.2. The van der Waals surface area contributed by atoms with Gasteiger partial charge in [-0.25, -0.2) is 8.42 Å². The van der Waals surface area contributed by atoms with Crippen molar-refractivity contribution in [1.82, 2.24) is 5.32 Å². The van der Waals surface area contributed by atoms with Crippen molar-refractivity contribution in [3.05, 3.63) is 24.3 Å². The van der Waals surface area contributed by atoms with Gasteiger partial charge in [0.25, 0.3) is 0 Å². The molecule has 0 spiro atoms. The van der Waals surface area contributed by atoms with Gasteiger partial charge in [0, 0.05) is 6.04 Å². The van der Waals surface area contributed by atoms with E-state index in [0.717, 1.165) is 25.8 Å². The molecule has 1 aliphatic rings. The second-order valence-electron chi connectivity index (χ2n) is 4.96. The molecule has 6 heteroatoms. The largest absolute Gasteiger partial charge is 0.492 e. The minimum Gasteiger partial charge on any atom is -0.492 e. The highest BCUT2D eigenvalue weighted by molar-refractivity contribution is 7.92. The van der Waals surface area contributed by atoms with Crippen molar-refractivity contribution in [2.45, 2.75) is 32.2 Å². The quantitative estimate of drug-likeness (QED) is 0.842. The second-order valence-corrected chi connectivity index (χ2v) is 6.73. The van der Waals surface area contributed by atoms with E-state index in [1.807, 2.05) is 13.0 Å². The van der Waals surface area contributed by atoms with Crippen LogP contribution in [0, 0.1) is 0 Å². The Morgan fingerprint density at radius 2 is 2.15 bits per heavy atom. The third kappa shape index (κ3) is 4.38. The molecular weight excluding hydrogens is 276 g/mol. The van der Waals surface area contributed by atoms with Crippen LogP contribution in [0.5, 0.6) is 5.75 Å². The summed E-state index contributed by atoms with van der Waals surface area (Å²) in [5, 5.41) is 3.25. The van der Waals surface area contributed by atoms with Crippen LogP contribution in [0.2, 0.25) is 0 Å². The fourth-order valence-corrected chi connectivity index (χ4v) is 3.77. The molecule has 112 valence electrons. The SMILES string of the molecule is CCOc1ccccc1NS(=O)(=O)CC1CCCCN1. The number of rotatable bonds is 6. The van der Waals surface area contributed by atoms with E-state index in [-0.39, 0.29) is 11.8 Å². The van der Waals surface area contributed by atoms with Gasteiger partial charge in [0.05, 0.1) is 18.0 Å². The van der Waals surface area contributed by atoms with Gasteiger partial charge in [-0.2, -0.15) is 0 Å². The predicted octanol–water partition coefficient (Wildman–Crippen LogP) is 1.97. The molecule has 1 aromatic rings. The molecule has 5 nitrogen and oxygen atoms in total. The summed E-state index contributed by atoms with van der Waals surface area (Å²) in [4.78, 5) is 0. The molecule has 1 aliphatic heterocycles. The molecule has 2 N–H and O–H groups in total. The van der Waals surface area contributed by atoms with Crippen molar-refractivity contribution in [3.8, 4) is 5.75 Å². The van der Waals surface area contributed by atoms with Crippen LogP contribution in [0.4, 0.5) is 5.69 Å². The van der Waals surface area contributed by atoms with E-state index in [9.17, 15) is 8.42 Å². The molecule has 1 heterocycles. The zero-order chi connectivity index (χ0) is 14.4. The predicted molar refractivity (Wildman–Crippen MR) is 80.7 cm³/mol. The third-order valence-electron chi connectivity index (χ3n) is 3.29. The topological polar surface area (TPSA) is 67.4 Å². The molecule has 1 fully saturated rings. The van der Waals surface area contributed by atoms with Gasteiger partial charge >= 0.3 is 0 Å². The number of nitrogens with one attached hydrogen (secondary N) is 2. The zero-order valence-corrected chi connectivity index (χ0v) is 12.6.